The van der Waals surface area contributed by atoms with Crippen molar-refractivity contribution in [3.8, 4) is 5.75 Å². The summed E-state index contributed by atoms with van der Waals surface area (Å²) >= 11 is 0. The number of fused-ring (bicyclic) bond motifs is 1. The van der Waals surface area contributed by atoms with Crippen LogP contribution in [-0.4, -0.2) is 19.2 Å². The molecule has 0 aliphatic rings. The molecule has 112 valence electrons. The van der Waals surface area contributed by atoms with Crippen LogP contribution < -0.4 is 4.74 Å². The van der Waals surface area contributed by atoms with Crippen LogP contribution >= 0.6 is 0 Å². The number of esters is 1. The fourth-order valence-electron chi connectivity index (χ4n) is 2.16. The maximum absolute atomic E-state index is 11.6. The second kappa shape index (κ2) is 8.30. The summed E-state index contributed by atoms with van der Waals surface area (Å²) in [6.45, 7) is 2.61. The molecule has 0 amide bonds. The predicted molar refractivity (Wildman–Crippen MR) is 84.5 cm³/mol. The highest BCUT2D eigenvalue weighted by Crippen LogP contribution is 2.20. The molecule has 0 atom stereocenters. The van der Waals surface area contributed by atoms with E-state index in [2.05, 4.69) is 6.92 Å². The first-order valence-electron chi connectivity index (χ1n) is 7.57. The molecule has 0 spiro atoms. The minimum Gasteiger partial charge on any atom is -0.482 e. The van der Waals surface area contributed by atoms with Crippen LogP contribution in [-0.2, 0) is 9.53 Å². The molecule has 0 saturated carbocycles. The van der Waals surface area contributed by atoms with Crippen LogP contribution in [0.15, 0.2) is 42.5 Å². The van der Waals surface area contributed by atoms with Gasteiger partial charge in [-0.05, 0) is 29.3 Å². The van der Waals surface area contributed by atoms with Crippen LogP contribution in [0.1, 0.15) is 32.6 Å². The fourth-order valence-corrected chi connectivity index (χ4v) is 2.16. The minimum absolute atomic E-state index is 0.0356. The summed E-state index contributed by atoms with van der Waals surface area (Å²) in [5.74, 6) is 0.385. The first-order valence-corrected chi connectivity index (χ1v) is 7.57. The van der Waals surface area contributed by atoms with Crippen molar-refractivity contribution < 1.29 is 14.3 Å². The Morgan fingerprint density at radius 1 is 1.00 bits per heavy atom. The monoisotopic (exact) mass is 286 g/mol. The van der Waals surface area contributed by atoms with Gasteiger partial charge in [-0.15, -0.1) is 0 Å². The van der Waals surface area contributed by atoms with E-state index in [4.69, 9.17) is 9.47 Å². The Labute approximate surface area is 125 Å². The third kappa shape index (κ3) is 5.10. The third-order valence-corrected chi connectivity index (χ3v) is 3.34. The van der Waals surface area contributed by atoms with E-state index in [0.29, 0.717) is 12.4 Å². The lowest BCUT2D eigenvalue weighted by molar-refractivity contribution is -0.146. The number of hydrogen-bond acceptors (Lipinski definition) is 3. The number of benzene rings is 2. The van der Waals surface area contributed by atoms with Gasteiger partial charge in [-0.1, -0.05) is 56.5 Å². The molecule has 21 heavy (non-hydrogen) atoms. The third-order valence-electron chi connectivity index (χ3n) is 3.34. The largest absolute Gasteiger partial charge is 0.482 e. The highest BCUT2D eigenvalue weighted by Gasteiger charge is 2.04. The predicted octanol–water partition coefficient (Wildman–Crippen LogP) is 4.34. The molecule has 3 nitrogen and oxygen atoms in total. The minimum atomic E-state index is -0.306. The smallest absolute Gasteiger partial charge is 0.344 e. The SMILES string of the molecule is CCCCCCOC(=O)COc1ccc2ccccc2c1. The molecule has 0 bridgehead atoms. The lowest BCUT2D eigenvalue weighted by atomic mass is 10.1. The number of ether oxygens (including phenoxy) is 2. The Balaban J connectivity index is 1.75. The molecule has 3 heteroatoms. The highest BCUT2D eigenvalue weighted by atomic mass is 16.6. The molecule has 0 aromatic heterocycles. The van der Waals surface area contributed by atoms with Crippen LogP contribution in [0, 0.1) is 0 Å². The average molecular weight is 286 g/mol. The number of carbonyl (C=O) groups is 1. The van der Waals surface area contributed by atoms with E-state index in [-0.39, 0.29) is 12.6 Å². The molecule has 2 rings (SSSR count). The van der Waals surface area contributed by atoms with Gasteiger partial charge in [-0.2, -0.15) is 0 Å². The zero-order valence-electron chi connectivity index (χ0n) is 12.5. The molecule has 2 aromatic rings. The standard InChI is InChI=1S/C18H22O3/c1-2-3-4-7-12-20-18(19)14-21-17-11-10-15-8-5-6-9-16(15)13-17/h5-6,8-11,13H,2-4,7,12,14H2,1H3. The molecule has 0 radical (unpaired) electrons. The molecule has 0 aliphatic heterocycles. The van der Waals surface area contributed by atoms with E-state index in [1.807, 2.05) is 42.5 Å². The summed E-state index contributed by atoms with van der Waals surface area (Å²) in [6, 6.07) is 13.8. The summed E-state index contributed by atoms with van der Waals surface area (Å²) in [5.41, 5.74) is 0. The van der Waals surface area contributed by atoms with E-state index in [1.54, 1.807) is 0 Å². The van der Waals surface area contributed by atoms with E-state index < -0.39 is 0 Å². The van der Waals surface area contributed by atoms with Crippen LogP contribution in [0.4, 0.5) is 0 Å². The number of unbranched alkanes of at least 4 members (excludes halogenated alkanes) is 3. The van der Waals surface area contributed by atoms with Crippen molar-refractivity contribution in [3.63, 3.8) is 0 Å². The Hall–Kier alpha value is -2.03. The Bertz CT molecular complexity index is 577. The molecular weight excluding hydrogens is 264 g/mol. The van der Waals surface area contributed by atoms with Gasteiger partial charge in [-0.25, -0.2) is 4.79 Å². The van der Waals surface area contributed by atoms with Crippen molar-refractivity contribution in [1.29, 1.82) is 0 Å². The number of carbonyl (C=O) groups excluding carboxylic acids is 1. The molecule has 0 fully saturated rings. The fraction of sp³-hybridized carbons (Fsp3) is 0.389. The van der Waals surface area contributed by atoms with Gasteiger partial charge in [-0.3, -0.25) is 0 Å². The van der Waals surface area contributed by atoms with Crippen molar-refractivity contribution in [1.82, 2.24) is 0 Å². The van der Waals surface area contributed by atoms with Gasteiger partial charge in [0.15, 0.2) is 6.61 Å². The van der Waals surface area contributed by atoms with Gasteiger partial charge in [0.05, 0.1) is 6.61 Å². The van der Waals surface area contributed by atoms with Crippen LogP contribution in [0.5, 0.6) is 5.75 Å². The summed E-state index contributed by atoms with van der Waals surface area (Å²) in [4.78, 5) is 11.6. The Morgan fingerprint density at radius 2 is 1.81 bits per heavy atom. The molecule has 2 aromatic carbocycles. The van der Waals surface area contributed by atoms with Crippen molar-refractivity contribution >= 4 is 16.7 Å². The van der Waals surface area contributed by atoms with Crippen LogP contribution in [0.25, 0.3) is 10.8 Å². The van der Waals surface area contributed by atoms with Gasteiger partial charge in [0.2, 0.25) is 0 Å². The van der Waals surface area contributed by atoms with Gasteiger partial charge in [0, 0.05) is 0 Å². The molecule has 0 aliphatic carbocycles. The van der Waals surface area contributed by atoms with Gasteiger partial charge < -0.3 is 9.47 Å². The van der Waals surface area contributed by atoms with Crippen molar-refractivity contribution in [2.24, 2.45) is 0 Å². The van der Waals surface area contributed by atoms with Gasteiger partial charge >= 0.3 is 5.97 Å². The van der Waals surface area contributed by atoms with E-state index >= 15 is 0 Å². The normalized spacial score (nSPS) is 10.5. The van der Waals surface area contributed by atoms with E-state index in [1.165, 1.54) is 12.8 Å². The van der Waals surface area contributed by atoms with Gasteiger partial charge in [0.25, 0.3) is 0 Å². The van der Waals surface area contributed by atoms with Crippen LogP contribution in [0.3, 0.4) is 0 Å². The van der Waals surface area contributed by atoms with Crippen molar-refractivity contribution in [2.75, 3.05) is 13.2 Å². The van der Waals surface area contributed by atoms with Crippen LogP contribution in [0.2, 0.25) is 0 Å². The first-order chi connectivity index (χ1) is 10.3. The second-order valence-electron chi connectivity index (χ2n) is 5.08. The quantitative estimate of drug-likeness (QED) is 0.535. The Morgan fingerprint density at radius 3 is 2.62 bits per heavy atom. The topological polar surface area (TPSA) is 35.5 Å². The summed E-state index contributed by atoms with van der Waals surface area (Å²) in [6.07, 6.45) is 4.40. The second-order valence-corrected chi connectivity index (χ2v) is 5.08. The molecule has 0 unspecified atom stereocenters. The highest BCUT2D eigenvalue weighted by molar-refractivity contribution is 5.83. The molecule has 0 N–H and O–H groups in total. The number of hydrogen-bond donors (Lipinski definition) is 0. The molecule has 0 heterocycles. The van der Waals surface area contributed by atoms with Crippen molar-refractivity contribution in [3.05, 3.63) is 42.5 Å². The average Bonchev–Trinajstić information content (AvgIpc) is 2.52. The van der Waals surface area contributed by atoms with E-state index in [0.717, 1.165) is 23.6 Å². The van der Waals surface area contributed by atoms with Crippen molar-refractivity contribution in [2.45, 2.75) is 32.6 Å². The lowest BCUT2D eigenvalue weighted by Gasteiger charge is -2.08. The molecule has 0 saturated heterocycles. The maximum atomic E-state index is 11.6. The zero-order chi connectivity index (χ0) is 14.9. The maximum Gasteiger partial charge on any atom is 0.344 e. The number of rotatable bonds is 8. The van der Waals surface area contributed by atoms with Gasteiger partial charge in [0.1, 0.15) is 5.75 Å². The summed E-state index contributed by atoms with van der Waals surface area (Å²) in [7, 11) is 0. The Kier molecular flexibility index (Phi) is 6.07. The molecular formula is C18H22O3. The zero-order valence-corrected chi connectivity index (χ0v) is 12.5. The summed E-state index contributed by atoms with van der Waals surface area (Å²) in [5, 5.41) is 2.26. The van der Waals surface area contributed by atoms with E-state index in [9.17, 15) is 4.79 Å². The summed E-state index contributed by atoms with van der Waals surface area (Å²) < 4.78 is 10.6. The lowest BCUT2D eigenvalue weighted by Crippen LogP contribution is -2.15. The first kappa shape index (κ1) is 15.4.